The van der Waals surface area contributed by atoms with Crippen LogP contribution in [0.3, 0.4) is 0 Å². The Morgan fingerprint density at radius 2 is 1.02 bits per heavy atom. The van der Waals surface area contributed by atoms with E-state index in [1.54, 1.807) is 49.3 Å². The maximum atomic E-state index is 12.8. The number of para-hydroxylation sites is 2. The van der Waals surface area contributed by atoms with Crippen LogP contribution in [0.5, 0.6) is 11.5 Å². The lowest BCUT2D eigenvalue weighted by atomic mass is 10.1. The minimum Gasteiger partial charge on any atom is -0.495 e. The zero-order valence-corrected chi connectivity index (χ0v) is 29.5. The van der Waals surface area contributed by atoms with E-state index in [1.165, 1.54) is 22.7 Å². The van der Waals surface area contributed by atoms with Gasteiger partial charge >= 0.3 is 11.9 Å². The molecule has 14 heteroatoms. The lowest BCUT2D eigenvalue weighted by Gasteiger charge is -2.08. The van der Waals surface area contributed by atoms with Crippen molar-refractivity contribution in [2.24, 2.45) is 9.98 Å². The molecule has 0 fully saturated rings. The molecule has 0 bridgehead atoms. The van der Waals surface area contributed by atoms with Crippen LogP contribution >= 0.6 is 22.7 Å². The largest absolute Gasteiger partial charge is 0.495 e. The highest BCUT2D eigenvalue weighted by Crippen LogP contribution is 2.28. The van der Waals surface area contributed by atoms with Gasteiger partial charge in [0, 0.05) is 12.8 Å². The van der Waals surface area contributed by atoms with Gasteiger partial charge in [0.2, 0.25) is 11.8 Å². The van der Waals surface area contributed by atoms with Gasteiger partial charge in [-0.25, -0.2) is 0 Å². The van der Waals surface area contributed by atoms with Crippen molar-refractivity contribution in [3.05, 3.63) is 46.0 Å². The van der Waals surface area contributed by atoms with Crippen molar-refractivity contribution in [3.63, 3.8) is 0 Å². The topological polar surface area (TPSA) is 140 Å². The number of hydrogen-bond acceptors (Lipinski definition) is 10. The van der Waals surface area contributed by atoms with E-state index in [1.807, 2.05) is 24.3 Å². The number of amides is 2. The zero-order chi connectivity index (χ0) is 34.5. The first kappa shape index (κ1) is 36.5. The number of ether oxygens (including phenoxy) is 4. The van der Waals surface area contributed by atoms with E-state index in [0.717, 1.165) is 35.1 Å². The van der Waals surface area contributed by atoms with Crippen LogP contribution in [-0.2, 0) is 41.7 Å². The highest BCUT2D eigenvalue weighted by molar-refractivity contribution is 7.16. The van der Waals surface area contributed by atoms with Gasteiger partial charge in [-0.15, -0.1) is 0 Å². The van der Waals surface area contributed by atoms with Gasteiger partial charge in [0.25, 0.3) is 0 Å². The minimum atomic E-state index is -0.411. The summed E-state index contributed by atoms with van der Waals surface area (Å²) in [5, 5.41) is 0. The van der Waals surface area contributed by atoms with Gasteiger partial charge in [0.1, 0.15) is 35.6 Å². The predicted molar refractivity (Wildman–Crippen MR) is 184 cm³/mol. The quantitative estimate of drug-likeness (QED) is 0.104. The summed E-state index contributed by atoms with van der Waals surface area (Å²) in [6, 6.07) is 11.1. The zero-order valence-electron chi connectivity index (χ0n) is 27.8. The number of fused-ring (bicyclic) bond motifs is 2. The van der Waals surface area contributed by atoms with E-state index >= 15 is 0 Å². The van der Waals surface area contributed by atoms with Crippen LogP contribution in [0.4, 0.5) is 0 Å². The number of esters is 2. The minimum absolute atomic E-state index is 0.0669. The van der Waals surface area contributed by atoms with Crippen LogP contribution in [0, 0.1) is 0 Å². The molecule has 0 aliphatic carbocycles. The van der Waals surface area contributed by atoms with E-state index in [-0.39, 0.29) is 38.1 Å². The molecule has 4 aromatic rings. The summed E-state index contributed by atoms with van der Waals surface area (Å²) in [6.45, 7) is 3.88. The fourth-order valence-electron chi connectivity index (χ4n) is 5.24. The second-order valence-corrected chi connectivity index (χ2v) is 12.8. The third-order valence-corrected chi connectivity index (χ3v) is 9.51. The van der Waals surface area contributed by atoms with Gasteiger partial charge in [0.05, 0.1) is 36.8 Å². The highest BCUT2D eigenvalue weighted by Gasteiger charge is 2.17. The summed E-state index contributed by atoms with van der Waals surface area (Å²) >= 11 is 2.66. The van der Waals surface area contributed by atoms with Crippen molar-refractivity contribution in [3.8, 4) is 11.5 Å². The molecule has 0 aliphatic heterocycles. The summed E-state index contributed by atoms with van der Waals surface area (Å²) in [5.41, 5.74) is 1.41. The first-order valence-electron chi connectivity index (χ1n) is 16.1. The van der Waals surface area contributed by atoms with Crippen molar-refractivity contribution in [2.45, 2.75) is 78.3 Å². The van der Waals surface area contributed by atoms with Crippen LogP contribution in [0.25, 0.3) is 20.4 Å². The van der Waals surface area contributed by atoms with E-state index in [9.17, 15) is 19.2 Å². The monoisotopic (exact) mass is 698 g/mol. The molecule has 48 heavy (non-hydrogen) atoms. The van der Waals surface area contributed by atoms with Crippen molar-refractivity contribution < 1.29 is 38.1 Å². The number of hydrogen-bond donors (Lipinski definition) is 0. The van der Waals surface area contributed by atoms with Crippen LogP contribution in [-0.4, -0.2) is 60.3 Å². The molecule has 0 radical (unpaired) electrons. The van der Waals surface area contributed by atoms with Gasteiger partial charge < -0.3 is 28.1 Å². The molecule has 4 rings (SSSR count). The first-order valence-corrected chi connectivity index (χ1v) is 17.7. The number of rotatable bonds is 17. The number of carbonyl (C=O) groups excluding carboxylic acids is 4. The molecule has 2 amide bonds. The number of methoxy groups -OCH3 is 2. The number of benzene rings is 2. The molecule has 0 atom stereocenters. The van der Waals surface area contributed by atoms with Crippen LogP contribution in [0.2, 0.25) is 0 Å². The first-order chi connectivity index (χ1) is 23.3. The van der Waals surface area contributed by atoms with E-state index in [4.69, 9.17) is 18.9 Å². The second-order valence-electron chi connectivity index (χ2n) is 10.8. The van der Waals surface area contributed by atoms with Gasteiger partial charge in [-0.3, -0.25) is 19.2 Å². The number of unbranched alkanes of at least 4 members (excludes halogenated alkanes) is 5. The maximum Gasteiger partial charge on any atom is 0.326 e. The molecule has 0 aliphatic rings. The summed E-state index contributed by atoms with van der Waals surface area (Å²) < 4.78 is 26.3. The molecular formula is C34H42N4O8S2. The molecule has 0 N–H and O–H groups in total. The summed E-state index contributed by atoms with van der Waals surface area (Å²) in [5.74, 6) is -0.128. The maximum absolute atomic E-state index is 12.8. The van der Waals surface area contributed by atoms with Crippen molar-refractivity contribution in [1.82, 2.24) is 9.13 Å². The summed E-state index contributed by atoms with van der Waals surface area (Å²) in [4.78, 5) is 59.7. The number of aromatic nitrogens is 2. The lowest BCUT2D eigenvalue weighted by molar-refractivity contribution is -0.144. The highest BCUT2D eigenvalue weighted by atomic mass is 32.1. The number of nitrogens with zero attached hydrogens (tertiary/aromatic N) is 4. The van der Waals surface area contributed by atoms with Gasteiger partial charge in [-0.05, 0) is 51.0 Å². The molecule has 258 valence electrons. The molecule has 2 aromatic heterocycles. The summed E-state index contributed by atoms with van der Waals surface area (Å²) in [7, 11) is 3.12. The van der Waals surface area contributed by atoms with Crippen molar-refractivity contribution >= 4 is 66.9 Å². The summed E-state index contributed by atoms with van der Waals surface area (Å²) in [6.07, 6.45) is 5.56. The molecular weight excluding hydrogens is 657 g/mol. The van der Waals surface area contributed by atoms with Crippen molar-refractivity contribution in [2.75, 3.05) is 27.4 Å². The lowest BCUT2D eigenvalue weighted by Crippen LogP contribution is -2.23. The molecule has 0 saturated carbocycles. The normalized spacial score (nSPS) is 12.1. The van der Waals surface area contributed by atoms with Gasteiger partial charge in [-0.1, -0.05) is 60.5 Å². The van der Waals surface area contributed by atoms with Crippen LogP contribution < -0.4 is 19.1 Å². The second kappa shape index (κ2) is 18.3. The van der Waals surface area contributed by atoms with Gasteiger partial charge in [0.15, 0.2) is 9.60 Å². The Kier molecular flexibility index (Phi) is 13.9. The van der Waals surface area contributed by atoms with E-state index in [0.29, 0.717) is 57.8 Å². The smallest absolute Gasteiger partial charge is 0.326 e. The Morgan fingerprint density at radius 3 is 1.40 bits per heavy atom. The molecule has 0 saturated heterocycles. The molecule has 2 aromatic carbocycles. The fraction of sp³-hybridized carbons (Fsp3) is 0.471. The Balaban J connectivity index is 1.27. The van der Waals surface area contributed by atoms with Gasteiger partial charge in [-0.2, -0.15) is 9.98 Å². The van der Waals surface area contributed by atoms with Crippen LogP contribution in [0.15, 0.2) is 46.4 Å². The Bertz CT molecular complexity index is 1750. The number of thiazole rings is 2. The number of carbonyl (C=O) groups is 4. The average molecular weight is 699 g/mol. The molecule has 0 unspecified atom stereocenters. The Hall–Kier alpha value is -4.30. The molecule has 2 heterocycles. The SMILES string of the molecule is CCOC(=O)Cn1c(=NC(=O)CCCCCCCCC(=O)N=c2sc3cccc(OC)c3n2CC(=O)OCC)sc2cccc(OC)c21. The molecule has 0 spiro atoms. The van der Waals surface area contributed by atoms with Crippen molar-refractivity contribution in [1.29, 1.82) is 0 Å². The third-order valence-electron chi connectivity index (χ3n) is 7.42. The predicted octanol–water partition coefficient (Wildman–Crippen LogP) is 5.54. The third kappa shape index (κ3) is 9.63. The van der Waals surface area contributed by atoms with Crippen LogP contribution in [0.1, 0.15) is 65.2 Å². The fourth-order valence-corrected chi connectivity index (χ4v) is 7.37. The average Bonchev–Trinajstić information content (AvgIpc) is 3.59. The van der Waals surface area contributed by atoms with E-state index < -0.39 is 11.9 Å². The Labute approximate surface area is 286 Å². The Morgan fingerprint density at radius 1 is 0.625 bits per heavy atom. The van der Waals surface area contributed by atoms with E-state index in [2.05, 4.69) is 9.98 Å². The molecule has 12 nitrogen and oxygen atoms in total. The standard InChI is InChI=1S/C34H42N4O8S2/c1-5-45-29(41)21-37-31-23(43-3)15-13-17-25(31)47-33(37)35-27(39)19-11-9-7-8-10-12-20-28(40)36-34-38(22-30(42)46-6-2)32-24(44-4)16-14-18-26(32)48-34/h13-18H,5-12,19-22H2,1-4H3.